The predicted octanol–water partition coefficient (Wildman–Crippen LogP) is 4.24. The Morgan fingerprint density at radius 2 is 1.87 bits per heavy atom. The first kappa shape index (κ1) is 21.9. The van der Waals surface area contributed by atoms with Crippen LogP contribution in [0.4, 0.5) is 13.2 Å². The van der Waals surface area contributed by atoms with Gasteiger partial charge in [-0.05, 0) is 26.7 Å². The fraction of sp³-hybridized carbons (Fsp3) is 0.812. The molecule has 0 spiro atoms. The summed E-state index contributed by atoms with van der Waals surface area (Å²) < 4.78 is 54.6. The van der Waals surface area contributed by atoms with Gasteiger partial charge < -0.3 is 14.2 Å². The Bertz CT molecular complexity index is 356. The van der Waals surface area contributed by atoms with E-state index in [-0.39, 0.29) is 6.61 Å². The van der Waals surface area contributed by atoms with Gasteiger partial charge >= 0.3 is 12.1 Å². The van der Waals surface area contributed by atoms with Crippen molar-refractivity contribution in [1.82, 2.24) is 0 Å². The molecule has 0 aromatic rings. The highest BCUT2D eigenvalue weighted by Crippen LogP contribution is 2.33. The number of carbonyl (C=O) groups is 1. The number of halogens is 3. The molecule has 4 nitrogen and oxygen atoms in total. The molecule has 136 valence electrons. The number of methoxy groups -OCH3 is 1. The number of carbonyl (C=O) groups excluding carboxylic acids is 1. The lowest BCUT2D eigenvalue weighted by Crippen LogP contribution is -2.42. The van der Waals surface area contributed by atoms with Crippen molar-refractivity contribution in [2.24, 2.45) is 5.92 Å². The molecule has 7 heteroatoms. The van der Waals surface area contributed by atoms with Crippen LogP contribution in [0.25, 0.3) is 0 Å². The number of esters is 1. The van der Waals surface area contributed by atoms with Gasteiger partial charge in [0.25, 0.3) is 0 Å². The van der Waals surface area contributed by atoms with Gasteiger partial charge in [-0.1, -0.05) is 31.9 Å². The number of allylic oxidation sites excluding steroid dienone is 1. The normalized spacial score (nSPS) is 16.3. The second kappa shape index (κ2) is 11.5. The van der Waals surface area contributed by atoms with E-state index in [4.69, 9.17) is 9.47 Å². The lowest BCUT2D eigenvalue weighted by molar-refractivity contribution is -0.233. The van der Waals surface area contributed by atoms with Gasteiger partial charge in [-0.2, -0.15) is 13.2 Å². The zero-order chi connectivity index (χ0) is 17.9. The number of hydrogen-bond acceptors (Lipinski definition) is 4. The molecule has 0 radical (unpaired) electrons. The number of alkyl halides is 3. The molecule has 0 saturated carbocycles. The van der Waals surface area contributed by atoms with E-state index in [1.807, 2.05) is 6.92 Å². The van der Waals surface area contributed by atoms with Crippen molar-refractivity contribution in [1.29, 1.82) is 0 Å². The van der Waals surface area contributed by atoms with Crippen LogP contribution >= 0.6 is 0 Å². The fourth-order valence-electron chi connectivity index (χ4n) is 2.02. The zero-order valence-electron chi connectivity index (χ0n) is 14.2. The summed E-state index contributed by atoms with van der Waals surface area (Å²) in [7, 11) is 1.03. The Labute approximate surface area is 136 Å². The van der Waals surface area contributed by atoms with E-state index in [2.05, 4.69) is 4.74 Å². The standard InChI is InChI=1S/C16H27F3O4/c1-5-7-8-9-10-11-13(16(17,18)19)14(15(20)21-4)23-12(3)22-6-2/h10-14H,5-9H2,1-4H3/b11-10+/t12?,13-,14-/m0/s1. The highest BCUT2D eigenvalue weighted by atomic mass is 19.4. The second-order valence-electron chi connectivity index (χ2n) is 5.09. The summed E-state index contributed by atoms with van der Waals surface area (Å²) in [6.07, 6.45) is -1.67. The van der Waals surface area contributed by atoms with Crippen molar-refractivity contribution in [3.8, 4) is 0 Å². The lowest BCUT2D eigenvalue weighted by Gasteiger charge is -2.27. The van der Waals surface area contributed by atoms with Gasteiger partial charge in [0.15, 0.2) is 12.4 Å². The first-order valence-corrected chi connectivity index (χ1v) is 7.86. The third-order valence-electron chi connectivity index (χ3n) is 3.20. The van der Waals surface area contributed by atoms with E-state index in [1.54, 1.807) is 6.92 Å². The van der Waals surface area contributed by atoms with Crippen LogP contribution in [-0.2, 0) is 19.0 Å². The van der Waals surface area contributed by atoms with Gasteiger partial charge in [-0.15, -0.1) is 0 Å². The van der Waals surface area contributed by atoms with E-state index in [9.17, 15) is 18.0 Å². The average Bonchev–Trinajstić information content (AvgIpc) is 2.47. The molecule has 0 aromatic heterocycles. The molecular formula is C16H27F3O4. The Kier molecular flexibility index (Phi) is 10.9. The van der Waals surface area contributed by atoms with E-state index < -0.39 is 30.5 Å². The Morgan fingerprint density at radius 3 is 2.35 bits per heavy atom. The number of ether oxygens (including phenoxy) is 3. The maximum atomic E-state index is 13.3. The summed E-state index contributed by atoms with van der Waals surface area (Å²) in [5, 5.41) is 0. The van der Waals surface area contributed by atoms with Crippen LogP contribution in [0.5, 0.6) is 0 Å². The summed E-state index contributed by atoms with van der Waals surface area (Å²) in [6.45, 7) is 5.40. The maximum Gasteiger partial charge on any atom is 0.398 e. The lowest BCUT2D eigenvalue weighted by atomic mass is 10.00. The SMILES string of the molecule is CCCCC/C=C/[C@@H]([C@H](OC(C)OCC)C(=O)OC)C(F)(F)F. The van der Waals surface area contributed by atoms with Gasteiger partial charge in [0.05, 0.1) is 7.11 Å². The number of rotatable bonds is 11. The first-order chi connectivity index (χ1) is 10.8. The molecule has 0 aliphatic rings. The molecule has 1 unspecified atom stereocenters. The molecular weight excluding hydrogens is 313 g/mol. The van der Waals surface area contributed by atoms with Gasteiger partial charge in [0.2, 0.25) is 0 Å². The molecule has 0 saturated heterocycles. The largest absolute Gasteiger partial charge is 0.467 e. The summed E-state index contributed by atoms with van der Waals surface area (Å²) in [4.78, 5) is 11.7. The van der Waals surface area contributed by atoms with Crippen molar-refractivity contribution >= 4 is 5.97 Å². The predicted molar refractivity (Wildman–Crippen MR) is 80.8 cm³/mol. The number of hydrogen-bond donors (Lipinski definition) is 0. The molecule has 0 fully saturated rings. The third-order valence-corrected chi connectivity index (χ3v) is 3.20. The molecule has 23 heavy (non-hydrogen) atoms. The van der Waals surface area contributed by atoms with E-state index in [0.717, 1.165) is 32.4 Å². The van der Waals surface area contributed by atoms with Crippen molar-refractivity contribution in [3.05, 3.63) is 12.2 Å². The first-order valence-electron chi connectivity index (χ1n) is 7.86. The fourth-order valence-corrected chi connectivity index (χ4v) is 2.02. The molecule has 0 heterocycles. The van der Waals surface area contributed by atoms with Crippen LogP contribution in [0.1, 0.15) is 46.5 Å². The van der Waals surface area contributed by atoms with Gasteiger partial charge in [0.1, 0.15) is 5.92 Å². The molecule has 0 rings (SSSR count). The van der Waals surface area contributed by atoms with Crippen LogP contribution in [-0.4, -0.2) is 38.3 Å². The van der Waals surface area contributed by atoms with E-state index in [1.165, 1.54) is 13.0 Å². The topological polar surface area (TPSA) is 44.8 Å². The summed E-state index contributed by atoms with van der Waals surface area (Å²) in [6, 6.07) is 0. The van der Waals surface area contributed by atoms with Crippen LogP contribution in [0, 0.1) is 5.92 Å². The third kappa shape index (κ3) is 8.95. The molecule has 0 N–H and O–H groups in total. The highest BCUT2D eigenvalue weighted by molar-refractivity contribution is 5.75. The van der Waals surface area contributed by atoms with Gasteiger partial charge in [-0.3, -0.25) is 0 Å². The van der Waals surface area contributed by atoms with Gasteiger partial charge in [-0.25, -0.2) is 4.79 Å². The summed E-state index contributed by atoms with van der Waals surface area (Å²) >= 11 is 0. The molecule has 0 aliphatic heterocycles. The van der Waals surface area contributed by atoms with Crippen LogP contribution in [0.15, 0.2) is 12.2 Å². The van der Waals surface area contributed by atoms with Crippen LogP contribution in [0.2, 0.25) is 0 Å². The van der Waals surface area contributed by atoms with Crippen molar-refractivity contribution in [2.75, 3.05) is 13.7 Å². The maximum absolute atomic E-state index is 13.3. The Balaban J connectivity index is 5.12. The van der Waals surface area contributed by atoms with Crippen LogP contribution < -0.4 is 0 Å². The quantitative estimate of drug-likeness (QED) is 0.244. The summed E-state index contributed by atoms with van der Waals surface area (Å²) in [5.41, 5.74) is 0. The van der Waals surface area contributed by atoms with Gasteiger partial charge in [0, 0.05) is 6.61 Å². The zero-order valence-corrected chi connectivity index (χ0v) is 14.2. The highest BCUT2D eigenvalue weighted by Gasteiger charge is 2.47. The molecule has 0 aromatic carbocycles. The molecule has 0 bridgehead atoms. The van der Waals surface area contributed by atoms with Crippen molar-refractivity contribution < 1.29 is 32.2 Å². The van der Waals surface area contributed by atoms with E-state index >= 15 is 0 Å². The van der Waals surface area contributed by atoms with E-state index in [0.29, 0.717) is 6.42 Å². The minimum Gasteiger partial charge on any atom is -0.467 e. The Morgan fingerprint density at radius 1 is 1.22 bits per heavy atom. The Hall–Kier alpha value is -1.08. The molecule has 0 aliphatic carbocycles. The monoisotopic (exact) mass is 340 g/mol. The average molecular weight is 340 g/mol. The van der Waals surface area contributed by atoms with Crippen molar-refractivity contribution in [2.45, 2.75) is 65.0 Å². The molecule has 3 atom stereocenters. The number of unbranched alkanes of at least 4 members (excludes halogenated alkanes) is 3. The molecule has 0 amide bonds. The summed E-state index contributed by atoms with van der Waals surface area (Å²) in [5.74, 6) is -3.14. The minimum absolute atomic E-state index is 0.263. The second-order valence-corrected chi connectivity index (χ2v) is 5.09. The van der Waals surface area contributed by atoms with Crippen molar-refractivity contribution in [3.63, 3.8) is 0 Å². The van der Waals surface area contributed by atoms with Crippen LogP contribution in [0.3, 0.4) is 0 Å². The minimum atomic E-state index is -4.62. The smallest absolute Gasteiger partial charge is 0.398 e.